The van der Waals surface area contributed by atoms with Crippen molar-refractivity contribution in [1.29, 1.82) is 0 Å². The van der Waals surface area contributed by atoms with E-state index in [-0.39, 0.29) is 30.0 Å². The van der Waals surface area contributed by atoms with Crippen molar-refractivity contribution in [2.45, 2.75) is 25.3 Å². The van der Waals surface area contributed by atoms with E-state index in [1.807, 2.05) is 6.07 Å². The Labute approximate surface area is 160 Å². The number of sulfone groups is 1. The van der Waals surface area contributed by atoms with Crippen LogP contribution in [0.5, 0.6) is 0 Å². The van der Waals surface area contributed by atoms with Crippen molar-refractivity contribution in [3.8, 4) is 0 Å². The van der Waals surface area contributed by atoms with Gasteiger partial charge in [0.1, 0.15) is 0 Å². The SMILES string of the molecule is CN(CC(=O)Nc1ccc2c(c1)N(S(C)(=O)=O)CCC2)[C@@H]1CCS(=O)(=O)C1. The van der Waals surface area contributed by atoms with Gasteiger partial charge in [0.25, 0.3) is 0 Å². The highest BCUT2D eigenvalue weighted by atomic mass is 32.2. The fourth-order valence-corrected chi connectivity index (χ4v) is 6.44. The first-order valence-corrected chi connectivity index (χ1v) is 12.5. The lowest BCUT2D eigenvalue weighted by atomic mass is 10.0. The molecular weight excluding hydrogens is 390 g/mol. The number of anilines is 2. The predicted octanol–water partition coefficient (Wildman–Crippen LogP) is 0.456. The first-order chi connectivity index (χ1) is 12.5. The molecule has 2 aliphatic rings. The molecule has 1 N–H and O–H groups in total. The maximum absolute atomic E-state index is 12.4. The summed E-state index contributed by atoms with van der Waals surface area (Å²) in [5.41, 5.74) is 2.08. The fourth-order valence-electron chi connectivity index (χ4n) is 3.64. The number of rotatable bonds is 5. The molecule has 150 valence electrons. The highest BCUT2D eigenvalue weighted by Crippen LogP contribution is 2.31. The molecule has 2 aliphatic heterocycles. The van der Waals surface area contributed by atoms with Gasteiger partial charge in [0, 0.05) is 18.3 Å². The minimum absolute atomic E-state index is 0.0765. The van der Waals surface area contributed by atoms with Gasteiger partial charge >= 0.3 is 0 Å². The summed E-state index contributed by atoms with van der Waals surface area (Å²) in [5, 5.41) is 2.79. The number of hydrogen-bond acceptors (Lipinski definition) is 6. The van der Waals surface area contributed by atoms with E-state index >= 15 is 0 Å². The zero-order chi connectivity index (χ0) is 19.8. The Kier molecular flexibility index (Phi) is 5.51. The summed E-state index contributed by atoms with van der Waals surface area (Å²) < 4.78 is 48.6. The number of carbonyl (C=O) groups excluding carboxylic acids is 1. The maximum Gasteiger partial charge on any atom is 0.238 e. The van der Waals surface area contributed by atoms with Gasteiger partial charge in [-0.1, -0.05) is 6.07 Å². The average Bonchev–Trinajstić information content (AvgIpc) is 2.93. The van der Waals surface area contributed by atoms with Gasteiger partial charge in [-0.05, 0) is 44.0 Å². The molecule has 2 heterocycles. The zero-order valence-corrected chi connectivity index (χ0v) is 17.1. The molecule has 1 amide bonds. The Morgan fingerprint density at radius 2 is 2.11 bits per heavy atom. The predicted molar refractivity (Wildman–Crippen MR) is 105 cm³/mol. The summed E-state index contributed by atoms with van der Waals surface area (Å²) in [4.78, 5) is 14.1. The molecule has 0 spiro atoms. The largest absolute Gasteiger partial charge is 0.325 e. The highest BCUT2D eigenvalue weighted by molar-refractivity contribution is 7.92. The number of aryl methyl sites for hydroxylation is 1. The normalized spacial score (nSPS) is 21.9. The second-order valence-corrected chi connectivity index (χ2v) is 11.4. The summed E-state index contributed by atoms with van der Waals surface area (Å²) in [6.07, 6.45) is 3.28. The third-order valence-corrected chi connectivity index (χ3v) is 8.00. The van der Waals surface area contributed by atoms with Crippen molar-refractivity contribution in [3.63, 3.8) is 0 Å². The van der Waals surface area contributed by atoms with Gasteiger partial charge in [-0.15, -0.1) is 0 Å². The molecule has 1 aromatic rings. The van der Waals surface area contributed by atoms with E-state index in [1.165, 1.54) is 10.6 Å². The van der Waals surface area contributed by atoms with Crippen molar-refractivity contribution in [2.75, 3.05) is 47.5 Å². The summed E-state index contributed by atoms with van der Waals surface area (Å²) in [5.74, 6) is -0.0159. The molecular formula is C17H25N3O5S2. The molecule has 27 heavy (non-hydrogen) atoms. The smallest absolute Gasteiger partial charge is 0.238 e. The van der Waals surface area contributed by atoms with Crippen LogP contribution in [0.3, 0.4) is 0 Å². The third-order valence-electron chi connectivity index (χ3n) is 5.07. The molecule has 0 bridgehead atoms. The van der Waals surface area contributed by atoms with Crippen LogP contribution >= 0.6 is 0 Å². The van der Waals surface area contributed by atoms with Crippen molar-refractivity contribution in [3.05, 3.63) is 23.8 Å². The first kappa shape index (κ1) is 20.1. The molecule has 1 aromatic carbocycles. The van der Waals surface area contributed by atoms with Crippen LogP contribution in [-0.2, 0) is 31.1 Å². The molecule has 3 rings (SSSR count). The monoisotopic (exact) mass is 415 g/mol. The van der Waals surface area contributed by atoms with Crippen LogP contribution in [0.4, 0.5) is 11.4 Å². The van der Waals surface area contributed by atoms with Gasteiger partial charge in [-0.3, -0.25) is 14.0 Å². The molecule has 8 nitrogen and oxygen atoms in total. The number of fused-ring (bicyclic) bond motifs is 1. The van der Waals surface area contributed by atoms with Crippen LogP contribution < -0.4 is 9.62 Å². The molecule has 0 unspecified atom stereocenters. The van der Waals surface area contributed by atoms with E-state index in [0.29, 0.717) is 24.3 Å². The number of sulfonamides is 1. The summed E-state index contributed by atoms with van der Waals surface area (Å²) in [7, 11) is -4.63. The lowest BCUT2D eigenvalue weighted by molar-refractivity contribution is -0.117. The maximum atomic E-state index is 12.4. The summed E-state index contributed by atoms with van der Waals surface area (Å²) >= 11 is 0. The Morgan fingerprint density at radius 1 is 1.37 bits per heavy atom. The van der Waals surface area contributed by atoms with Crippen LogP contribution in [0.2, 0.25) is 0 Å². The number of carbonyl (C=O) groups is 1. The van der Waals surface area contributed by atoms with E-state index in [4.69, 9.17) is 0 Å². The number of benzene rings is 1. The van der Waals surface area contributed by atoms with Crippen molar-refractivity contribution in [2.24, 2.45) is 0 Å². The molecule has 10 heteroatoms. The van der Waals surface area contributed by atoms with Crippen molar-refractivity contribution in [1.82, 2.24) is 4.90 Å². The van der Waals surface area contributed by atoms with E-state index < -0.39 is 19.9 Å². The van der Waals surface area contributed by atoms with E-state index in [9.17, 15) is 21.6 Å². The van der Waals surface area contributed by atoms with Gasteiger partial charge in [-0.25, -0.2) is 16.8 Å². The Balaban J connectivity index is 1.68. The quantitative estimate of drug-likeness (QED) is 0.749. The van der Waals surface area contributed by atoms with Crippen LogP contribution in [0.25, 0.3) is 0 Å². The number of amides is 1. The molecule has 0 radical (unpaired) electrons. The number of likely N-dealkylation sites (N-methyl/N-ethyl adjacent to an activating group) is 1. The van der Waals surface area contributed by atoms with Crippen LogP contribution in [0, 0.1) is 0 Å². The summed E-state index contributed by atoms with van der Waals surface area (Å²) in [6, 6.07) is 5.15. The highest BCUT2D eigenvalue weighted by Gasteiger charge is 2.31. The standard InChI is InChI=1S/C17H25N3O5S2/c1-19(15-7-9-27(24,25)12-15)11-17(21)18-14-6-5-13-4-3-8-20(16(13)10-14)26(2,22)23/h5-6,10,15H,3-4,7-9,11-12H2,1-2H3,(H,18,21)/t15-/m1/s1. The molecule has 0 aliphatic carbocycles. The minimum atomic E-state index is -3.37. The first-order valence-electron chi connectivity index (χ1n) is 8.86. The van der Waals surface area contributed by atoms with Gasteiger partial charge in [0.2, 0.25) is 15.9 Å². The Hall–Kier alpha value is -1.65. The lowest BCUT2D eigenvalue weighted by Crippen LogP contribution is -2.38. The zero-order valence-electron chi connectivity index (χ0n) is 15.5. The minimum Gasteiger partial charge on any atom is -0.325 e. The van der Waals surface area contributed by atoms with Crippen molar-refractivity contribution >= 4 is 37.1 Å². The Morgan fingerprint density at radius 3 is 2.74 bits per heavy atom. The molecule has 1 saturated heterocycles. The topological polar surface area (TPSA) is 104 Å². The van der Waals surface area contributed by atoms with Gasteiger partial charge < -0.3 is 5.32 Å². The van der Waals surface area contributed by atoms with E-state index in [0.717, 1.165) is 18.4 Å². The van der Waals surface area contributed by atoms with Crippen LogP contribution in [-0.4, -0.2) is 71.6 Å². The number of nitrogens with zero attached hydrogens (tertiary/aromatic N) is 2. The third kappa shape index (κ3) is 4.80. The fraction of sp³-hybridized carbons (Fsp3) is 0.588. The number of nitrogens with one attached hydrogen (secondary N) is 1. The summed E-state index contributed by atoms with van der Waals surface area (Å²) in [6.45, 7) is 0.509. The van der Waals surface area contributed by atoms with Gasteiger partial charge in [0.15, 0.2) is 9.84 Å². The van der Waals surface area contributed by atoms with Crippen LogP contribution in [0.1, 0.15) is 18.4 Å². The second-order valence-electron chi connectivity index (χ2n) is 7.30. The Bertz CT molecular complexity index is 943. The van der Waals surface area contributed by atoms with Gasteiger partial charge in [0.05, 0.1) is 30.0 Å². The molecule has 1 fully saturated rings. The van der Waals surface area contributed by atoms with E-state index in [1.54, 1.807) is 24.1 Å². The molecule has 1 atom stereocenters. The van der Waals surface area contributed by atoms with Crippen LogP contribution in [0.15, 0.2) is 18.2 Å². The molecule has 0 aromatic heterocycles. The average molecular weight is 416 g/mol. The second kappa shape index (κ2) is 7.40. The lowest BCUT2D eigenvalue weighted by Gasteiger charge is -2.29. The van der Waals surface area contributed by atoms with Gasteiger partial charge in [-0.2, -0.15) is 0 Å². The number of hydrogen-bond donors (Lipinski definition) is 1. The molecule has 0 saturated carbocycles. The van der Waals surface area contributed by atoms with Crippen molar-refractivity contribution < 1.29 is 21.6 Å². The van der Waals surface area contributed by atoms with E-state index in [2.05, 4.69) is 5.32 Å².